The van der Waals surface area contributed by atoms with Gasteiger partial charge in [0.05, 0.1) is 18.1 Å². The molecule has 0 fully saturated rings. The minimum Gasteiger partial charge on any atom is -0.345 e. The average Bonchev–Trinajstić information content (AvgIpc) is 2.58. The van der Waals surface area contributed by atoms with Crippen LogP contribution >= 0.6 is 0 Å². The fraction of sp³-hybridized carbons (Fsp3) is 0.833. The summed E-state index contributed by atoms with van der Waals surface area (Å²) >= 11 is 0. The largest absolute Gasteiger partial charge is 0.345 e. The lowest BCUT2D eigenvalue weighted by atomic mass is 10.1. The Bertz CT molecular complexity index is 415. The van der Waals surface area contributed by atoms with Crippen LogP contribution in [0.15, 0.2) is 0 Å². The van der Waals surface area contributed by atoms with Crippen molar-refractivity contribution in [2.75, 3.05) is 41.8 Å². The van der Waals surface area contributed by atoms with Gasteiger partial charge in [-0.15, -0.1) is 0 Å². The zero-order valence-corrected chi connectivity index (χ0v) is 17.7. The molecule has 148 valence electrons. The standard InChI is InChI=1S/C11H22N2O2.C7H16N2O/c1-7-10(9(3)14)13(6)11(15)8(2)12(4)5;1-5-9(4)7(10)6(2)8-3/h8,10H,7H2,1-6H3;6,8H,5H2,1-4H3. The zero-order valence-electron chi connectivity index (χ0n) is 17.7. The minimum absolute atomic E-state index is 0.0120. The molecule has 7 heteroatoms. The maximum Gasteiger partial charge on any atom is 0.239 e. The molecule has 0 aromatic rings. The molecular formula is C18H38N4O3. The Kier molecular flexibility index (Phi) is 13.2. The van der Waals surface area contributed by atoms with Gasteiger partial charge in [-0.25, -0.2) is 0 Å². The predicted octanol–water partition coefficient (Wildman–Crippen LogP) is 0.835. The number of ketones is 1. The Morgan fingerprint density at radius 2 is 1.44 bits per heavy atom. The summed E-state index contributed by atoms with van der Waals surface area (Å²) in [5.74, 6) is 0.173. The number of likely N-dealkylation sites (N-methyl/N-ethyl adjacent to an activating group) is 4. The summed E-state index contributed by atoms with van der Waals surface area (Å²) in [4.78, 5) is 39.5. The molecule has 0 aromatic carbocycles. The first-order chi connectivity index (χ1) is 11.5. The lowest BCUT2D eigenvalue weighted by molar-refractivity contribution is -0.140. The molecule has 0 heterocycles. The van der Waals surface area contributed by atoms with Crippen molar-refractivity contribution in [3.05, 3.63) is 0 Å². The Labute approximate surface area is 153 Å². The van der Waals surface area contributed by atoms with Crippen LogP contribution in [-0.4, -0.2) is 92.2 Å². The van der Waals surface area contributed by atoms with Gasteiger partial charge in [-0.05, 0) is 55.3 Å². The predicted molar refractivity (Wildman–Crippen MR) is 103 cm³/mol. The molecule has 0 aliphatic carbocycles. The highest BCUT2D eigenvalue weighted by molar-refractivity contribution is 5.89. The molecule has 0 spiro atoms. The SMILES string of the molecule is CCC(C(C)=O)N(C)C(=O)C(C)N(C)C.CCN(C)C(=O)C(C)NC. The molecular weight excluding hydrogens is 320 g/mol. The fourth-order valence-corrected chi connectivity index (χ4v) is 2.11. The second-order valence-corrected chi connectivity index (χ2v) is 6.49. The molecule has 25 heavy (non-hydrogen) atoms. The van der Waals surface area contributed by atoms with E-state index in [1.807, 2.05) is 46.7 Å². The van der Waals surface area contributed by atoms with Crippen LogP contribution in [0.4, 0.5) is 0 Å². The molecule has 0 rings (SSSR count). The summed E-state index contributed by atoms with van der Waals surface area (Å²) in [5.41, 5.74) is 0. The van der Waals surface area contributed by atoms with Crippen LogP contribution in [0, 0.1) is 0 Å². The van der Waals surface area contributed by atoms with E-state index in [0.29, 0.717) is 6.42 Å². The quantitative estimate of drug-likeness (QED) is 0.696. The second-order valence-electron chi connectivity index (χ2n) is 6.49. The minimum atomic E-state index is -0.292. The van der Waals surface area contributed by atoms with Gasteiger partial charge in [-0.3, -0.25) is 19.3 Å². The molecule has 0 aliphatic rings. The van der Waals surface area contributed by atoms with Crippen molar-refractivity contribution < 1.29 is 14.4 Å². The van der Waals surface area contributed by atoms with Crippen LogP contribution in [0.3, 0.4) is 0 Å². The molecule has 0 aliphatic heterocycles. The van der Waals surface area contributed by atoms with Crippen LogP contribution in [0.25, 0.3) is 0 Å². The van der Waals surface area contributed by atoms with E-state index in [-0.39, 0.29) is 35.7 Å². The Morgan fingerprint density at radius 3 is 1.72 bits per heavy atom. The zero-order chi connectivity index (χ0) is 20.3. The molecule has 0 aromatic heterocycles. The van der Waals surface area contributed by atoms with Crippen LogP contribution in [-0.2, 0) is 14.4 Å². The smallest absolute Gasteiger partial charge is 0.239 e. The van der Waals surface area contributed by atoms with Gasteiger partial charge in [-0.1, -0.05) is 6.92 Å². The Hall–Kier alpha value is -1.47. The third-order valence-corrected chi connectivity index (χ3v) is 4.46. The molecule has 1 N–H and O–H groups in total. The van der Waals surface area contributed by atoms with E-state index in [9.17, 15) is 14.4 Å². The number of carbonyl (C=O) groups excluding carboxylic acids is 3. The van der Waals surface area contributed by atoms with E-state index in [1.165, 1.54) is 6.92 Å². The van der Waals surface area contributed by atoms with Crippen molar-refractivity contribution in [2.45, 2.75) is 59.2 Å². The first-order valence-corrected chi connectivity index (χ1v) is 8.81. The van der Waals surface area contributed by atoms with Gasteiger partial charge in [0.2, 0.25) is 11.8 Å². The van der Waals surface area contributed by atoms with Gasteiger partial charge < -0.3 is 15.1 Å². The number of hydrogen-bond donors (Lipinski definition) is 1. The number of rotatable bonds is 8. The van der Waals surface area contributed by atoms with Crippen LogP contribution in [0.5, 0.6) is 0 Å². The second kappa shape index (κ2) is 12.8. The Balaban J connectivity index is 0. The molecule has 0 radical (unpaired) electrons. The summed E-state index contributed by atoms with van der Waals surface area (Å²) in [6.45, 7) is 9.86. The normalized spacial score (nSPS) is 14.0. The highest BCUT2D eigenvalue weighted by Crippen LogP contribution is 2.07. The number of hydrogen-bond acceptors (Lipinski definition) is 5. The van der Waals surface area contributed by atoms with Gasteiger partial charge in [-0.2, -0.15) is 0 Å². The molecule has 0 saturated heterocycles. The summed E-state index contributed by atoms with van der Waals surface area (Å²) < 4.78 is 0. The molecule has 0 saturated carbocycles. The molecule has 7 nitrogen and oxygen atoms in total. The van der Waals surface area contributed by atoms with Crippen LogP contribution in [0.2, 0.25) is 0 Å². The van der Waals surface area contributed by atoms with Crippen molar-refractivity contribution in [3.63, 3.8) is 0 Å². The molecule has 3 atom stereocenters. The van der Waals surface area contributed by atoms with E-state index < -0.39 is 0 Å². The van der Waals surface area contributed by atoms with Crippen molar-refractivity contribution >= 4 is 17.6 Å². The summed E-state index contributed by atoms with van der Waals surface area (Å²) in [6.07, 6.45) is 0.664. The van der Waals surface area contributed by atoms with E-state index in [4.69, 9.17) is 0 Å². The first-order valence-electron chi connectivity index (χ1n) is 8.81. The number of nitrogens with one attached hydrogen (secondary N) is 1. The molecule has 3 unspecified atom stereocenters. The van der Waals surface area contributed by atoms with E-state index in [2.05, 4.69) is 5.32 Å². The van der Waals surface area contributed by atoms with E-state index in [0.717, 1.165) is 6.54 Å². The van der Waals surface area contributed by atoms with Crippen molar-refractivity contribution in [3.8, 4) is 0 Å². The molecule has 0 bridgehead atoms. The number of nitrogens with zero attached hydrogens (tertiary/aromatic N) is 3. The van der Waals surface area contributed by atoms with Gasteiger partial charge in [0.1, 0.15) is 0 Å². The highest BCUT2D eigenvalue weighted by atomic mass is 16.2. The lowest BCUT2D eigenvalue weighted by Crippen LogP contribution is -2.48. The monoisotopic (exact) mass is 358 g/mol. The topological polar surface area (TPSA) is 73.0 Å². The van der Waals surface area contributed by atoms with E-state index >= 15 is 0 Å². The highest BCUT2D eigenvalue weighted by Gasteiger charge is 2.26. The molecule has 2 amide bonds. The first kappa shape index (κ1) is 25.8. The number of amides is 2. The summed E-state index contributed by atoms with van der Waals surface area (Å²) in [5, 5.41) is 2.89. The Morgan fingerprint density at radius 1 is 0.960 bits per heavy atom. The summed E-state index contributed by atoms with van der Waals surface area (Å²) in [7, 11) is 8.98. The van der Waals surface area contributed by atoms with Gasteiger partial charge in [0.25, 0.3) is 0 Å². The lowest BCUT2D eigenvalue weighted by Gasteiger charge is -2.30. The van der Waals surface area contributed by atoms with Gasteiger partial charge in [0.15, 0.2) is 5.78 Å². The van der Waals surface area contributed by atoms with Crippen LogP contribution in [0.1, 0.15) is 41.0 Å². The van der Waals surface area contributed by atoms with Gasteiger partial charge >= 0.3 is 0 Å². The van der Waals surface area contributed by atoms with Crippen molar-refractivity contribution in [1.82, 2.24) is 20.0 Å². The summed E-state index contributed by atoms with van der Waals surface area (Å²) in [6, 6.07) is -0.548. The number of Topliss-reactive ketones (excluding diaryl/α,β-unsaturated/α-hetero) is 1. The average molecular weight is 359 g/mol. The fourth-order valence-electron chi connectivity index (χ4n) is 2.11. The number of carbonyl (C=O) groups is 3. The maximum absolute atomic E-state index is 11.9. The maximum atomic E-state index is 11.9. The van der Waals surface area contributed by atoms with Gasteiger partial charge in [0, 0.05) is 20.6 Å². The third kappa shape index (κ3) is 8.97. The van der Waals surface area contributed by atoms with Crippen LogP contribution < -0.4 is 5.32 Å². The third-order valence-electron chi connectivity index (χ3n) is 4.46. The van der Waals surface area contributed by atoms with E-state index in [1.54, 1.807) is 30.9 Å². The van der Waals surface area contributed by atoms with Crippen molar-refractivity contribution in [2.24, 2.45) is 0 Å². The van der Waals surface area contributed by atoms with Crippen molar-refractivity contribution in [1.29, 1.82) is 0 Å².